The van der Waals surface area contributed by atoms with Gasteiger partial charge < -0.3 is 10.0 Å². The fraction of sp³-hybridized carbons (Fsp3) is 0.571. The zero-order chi connectivity index (χ0) is 15.6. The summed E-state index contributed by atoms with van der Waals surface area (Å²) in [5.74, 6) is 0. The van der Waals surface area contributed by atoms with Gasteiger partial charge in [0.2, 0.25) is 0 Å². The van der Waals surface area contributed by atoms with Crippen molar-refractivity contribution in [3.63, 3.8) is 0 Å². The van der Waals surface area contributed by atoms with Crippen molar-refractivity contribution in [1.29, 1.82) is 0 Å². The molecule has 0 bridgehead atoms. The van der Waals surface area contributed by atoms with E-state index in [0.717, 1.165) is 17.6 Å². The average molecular weight is 358 g/mol. The SMILES string of the molecule is CC(C)(O)CN1CCN(c2cc(Br)ccc2[N+](=O)[O-])CC1. The molecule has 0 unspecified atom stereocenters. The molecule has 1 aromatic carbocycles. The molecule has 1 aliphatic heterocycles. The highest BCUT2D eigenvalue weighted by Crippen LogP contribution is 2.31. The molecule has 1 aliphatic rings. The Hall–Kier alpha value is -1.18. The predicted octanol–water partition coefficient (Wildman–Crippen LogP) is 2.25. The van der Waals surface area contributed by atoms with Gasteiger partial charge in [-0.05, 0) is 26.0 Å². The van der Waals surface area contributed by atoms with Gasteiger partial charge in [0.25, 0.3) is 5.69 Å². The smallest absolute Gasteiger partial charge is 0.292 e. The minimum Gasteiger partial charge on any atom is -0.389 e. The van der Waals surface area contributed by atoms with Gasteiger partial charge in [-0.1, -0.05) is 15.9 Å². The summed E-state index contributed by atoms with van der Waals surface area (Å²) in [5, 5.41) is 21.0. The van der Waals surface area contributed by atoms with Gasteiger partial charge in [0.1, 0.15) is 5.69 Å². The maximum absolute atomic E-state index is 11.1. The van der Waals surface area contributed by atoms with E-state index in [9.17, 15) is 15.2 Å². The monoisotopic (exact) mass is 357 g/mol. The molecule has 6 nitrogen and oxygen atoms in total. The highest BCUT2D eigenvalue weighted by atomic mass is 79.9. The van der Waals surface area contributed by atoms with Crippen LogP contribution < -0.4 is 4.90 Å². The molecule has 2 rings (SSSR count). The van der Waals surface area contributed by atoms with E-state index in [1.807, 2.05) is 4.90 Å². The molecule has 21 heavy (non-hydrogen) atoms. The molecule has 0 aromatic heterocycles. The highest BCUT2D eigenvalue weighted by Gasteiger charge is 2.26. The van der Waals surface area contributed by atoms with Crippen LogP contribution in [-0.2, 0) is 0 Å². The predicted molar refractivity (Wildman–Crippen MR) is 85.7 cm³/mol. The van der Waals surface area contributed by atoms with Crippen LogP contribution in [0.25, 0.3) is 0 Å². The molecule has 1 fully saturated rings. The molecule has 0 spiro atoms. The number of hydrogen-bond donors (Lipinski definition) is 1. The van der Waals surface area contributed by atoms with E-state index in [-0.39, 0.29) is 10.6 Å². The lowest BCUT2D eigenvalue weighted by Gasteiger charge is -2.38. The van der Waals surface area contributed by atoms with Crippen LogP contribution in [0, 0.1) is 10.1 Å². The third-order valence-corrected chi connectivity index (χ3v) is 3.95. The fourth-order valence-electron chi connectivity index (χ4n) is 2.60. The average Bonchev–Trinajstić information content (AvgIpc) is 2.37. The summed E-state index contributed by atoms with van der Waals surface area (Å²) < 4.78 is 0.835. The van der Waals surface area contributed by atoms with Crippen LogP contribution in [0.1, 0.15) is 13.8 Å². The number of rotatable bonds is 4. The summed E-state index contributed by atoms with van der Waals surface area (Å²) in [6.07, 6.45) is 0. The molecule has 7 heteroatoms. The Kier molecular flexibility index (Phi) is 4.85. The molecule has 0 aliphatic carbocycles. The summed E-state index contributed by atoms with van der Waals surface area (Å²) in [4.78, 5) is 15.0. The zero-order valence-electron chi connectivity index (χ0n) is 12.3. The summed E-state index contributed by atoms with van der Waals surface area (Å²) >= 11 is 3.37. The molecule has 0 amide bonds. The number of anilines is 1. The van der Waals surface area contributed by atoms with E-state index in [1.54, 1.807) is 26.0 Å². The van der Waals surface area contributed by atoms with Gasteiger partial charge >= 0.3 is 0 Å². The third-order valence-electron chi connectivity index (χ3n) is 3.46. The summed E-state index contributed by atoms with van der Waals surface area (Å²) in [6.45, 7) is 7.19. The Balaban J connectivity index is 2.09. The first-order valence-electron chi connectivity index (χ1n) is 6.90. The van der Waals surface area contributed by atoms with E-state index in [2.05, 4.69) is 20.8 Å². The maximum Gasteiger partial charge on any atom is 0.292 e. The van der Waals surface area contributed by atoms with Crippen LogP contribution in [0.2, 0.25) is 0 Å². The Morgan fingerprint density at radius 3 is 2.48 bits per heavy atom. The van der Waals surface area contributed by atoms with Crippen molar-refractivity contribution in [1.82, 2.24) is 4.90 Å². The van der Waals surface area contributed by atoms with Gasteiger partial charge in [0, 0.05) is 43.3 Å². The van der Waals surface area contributed by atoms with Crippen LogP contribution in [0.4, 0.5) is 11.4 Å². The van der Waals surface area contributed by atoms with E-state index in [4.69, 9.17) is 0 Å². The molecule has 0 saturated carbocycles. The maximum atomic E-state index is 11.1. The lowest BCUT2D eigenvalue weighted by molar-refractivity contribution is -0.384. The Morgan fingerprint density at radius 1 is 1.33 bits per heavy atom. The van der Waals surface area contributed by atoms with Gasteiger partial charge in [-0.3, -0.25) is 15.0 Å². The lowest BCUT2D eigenvalue weighted by Crippen LogP contribution is -2.50. The molecule has 1 aromatic rings. The Labute approximate surface area is 132 Å². The number of nitro benzene ring substituents is 1. The first-order chi connectivity index (χ1) is 9.76. The van der Waals surface area contributed by atoms with E-state index < -0.39 is 5.60 Å². The van der Waals surface area contributed by atoms with Gasteiger partial charge in [-0.15, -0.1) is 0 Å². The summed E-state index contributed by atoms with van der Waals surface area (Å²) in [6, 6.07) is 5.01. The molecular weight excluding hydrogens is 338 g/mol. The zero-order valence-corrected chi connectivity index (χ0v) is 13.8. The van der Waals surface area contributed by atoms with Crippen molar-refractivity contribution in [2.45, 2.75) is 19.4 Å². The van der Waals surface area contributed by atoms with Crippen LogP contribution in [0.15, 0.2) is 22.7 Å². The highest BCUT2D eigenvalue weighted by molar-refractivity contribution is 9.10. The number of benzene rings is 1. The normalized spacial score (nSPS) is 17.0. The van der Waals surface area contributed by atoms with E-state index in [1.165, 1.54) is 6.07 Å². The van der Waals surface area contributed by atoms with Crippen molar-refractivity contribution >= 4 is 27.3 Å². The summed E-state index contributed by atoms with van der Waals surface area (Å²) in [7, 11) is 0. The van der Waals surface area contributed by atoms with E-state index in [0.29, 0.717) is 25.3 Å². The largest absolute Gasteiger partial charge is 0.389 e. The fourth-order valence-corrected chi connectivity index (χ4v) is 2.95. The first kappa shape index (κ1) is 16.2. The quantitative estimate of drug-likeness (QED) is 0.660. The molecule has 0 radical (unpaired) electrons. The second kappa shape index (κ2) is 6.29. The summed E-state index contributed by atoms with van der Waals surface area (Å²) in [5.41, 5.74) is 0.0654. The topological polar surface area (TPSA) is 69.8 Å². The van der Waals surface area contributed by atoms with E-state index >= 15 is 0 Å². The first-order valence-corrected chi connectivity index (χ1v) is 7.69. The van der Waals surface area contributed by atoms with Crippen LogP contribution in [0.5, 0.6) is 0 Å². The van der Waals surface area contributed by atoms with Crippen molar-refractivity contribution in [3.05, 3.63) is 32.8 Å². The van der Waals surface area contributed by atoms with Crippen molar-refractivity contribution in [3.8, 4) is 0 Å². The second-order valence-electron chi connectivity index (χ2n) is 5.97. The van der Waals surface area contributed by atoms with Gasteiger partial charge in [-0.25, -0.2) is 0 Å². The number of β-amino-alcohol motifs (C(OH)–C–C–N with tert-alkyl or cyclic N) is 1. The molecular formula is C14H20BrN3O3. The van der Waals surface area contributed by atoms with Crippen LogP contribution in [0.3, 0.4) is 0 Å². The second-order valence-corrected chi connectivity index (χ2v) is 6.88. The van der Waals surface area contributed by atoms with Crippen LogP contribution >= 0.6 is 15.9 Å². The van der Waals surface area contributed by atoms with Crippen molar-refractivity contribution < 1.29 is 10.0 Å². The number of aliphatic hydroxyl groups is 1. The minimum absolute atomic E-state index is 0.133. The molecule has 116 valence electrons. The number of nitrogens with zero attached hydrogens (tertiary/aromatic N) is 3. The standard InChI is InChI=1S/C14H20BrN3O3/c1-14(2,19)10-16-5-7-17(8-6-16)13-9-11(15)3-4-12(13)18(20)21/h3-4,9,19H,5-8,10H2,1-2H3. The number of halogens is 1. The third kappa shape index (κ3) is 4.39. The molecule has 1 heterocycles. The Morgan fingerprint density at radius 2 is 1.95 bits per heavy atom. The van der Waals surface area contributed by atoms with Crippen molar-refractivity contribution in [2.75, 3.05) is 37.6 Å². The molecule has 1 N–H and O–H groups in total. The number of piperazine rings is 1. The van der Waals surface area contributed by atoms with Crippen LogP contribution in [-0.4, -0.2) is 53.3 Å². The minimum atomic E-state index is -0.718. The van der Waals surface area contributed by atoms with Gasteiger partial charge in [0.05, 0.1) is 10.5 Å². The molecule has 1 saturated heterocycles. The number of nitro groups is 1. The number of hydrogen-bond acceptors (Lipinski definition) is 5. The van der Waals surface area contributed by atoms with Gasteiger partial charge in [0.15, 0.2) is 0 Å². The van der Waals surface area contributed by atoms with Crippen molar-refractivity contribution in [2.24, 2.45) is 0 Å². The lowest BCUT2D eigenvalue weighted by atomic mass is 10.1. The Bertz CT molecular complexity index is 523. The van der Waals surface area contributed by atoms with Gasteiger partial charge in [-0.2, -0.15) is 0 Å². The molecule has 0 atom stereocenters.